The molecule has 2 aromatic rings. The highest BCUT2D eigenvalue weighted by molar-refractivity contribution is 5.87. The van der Waals surface area contributed by atoms with E-state index in [1.165, 1.54) is 37.9 Å². The molecule has 1 fully saturated rings. The molecule has 0 bridgehead atoms. The van der Waals surface area contributed by atoms with Gasteiger partial charge >= 0.3 is 6.01 Å². The van der Waals surface area contributed by atoms with Crippen LogP contribution in [0.3, 0.4) is 0 Å². The average molecular weight is 427 g/mol. The summed E-state index contributed by atoms with van der Waals surface area (Å²) in [5.74, 6) is 0.818. The number of benzene rings is 1. The van der Waals surface area contributed by atoms with Crippen molar-refractivity contribution in [3.8, 4) is 6.01 Å². The Kier molecular flexibility index (Phi) is 6.83. The van der Waals surface area contributed by atoms with Crippen LogP contribution in [0.1, 0.15) is 30.4 Å². The van der Waals surface area contributed by atoms with Crippen molar-refractivity contribution in [1.82, 2.24) is 14.9 Å². The zero-order valence-electron chi connectivity index (χ0n) is 17.9. The van der Waals surface area contributed by atoms with Gasteiger partial charge in [-0.15, -0.1) is 0 Å². The molecule has 2 aliphatic heterocycles. The lowest BCUT2D eigenvalue weighted by Crippen LogP contribution is -2.36. The number of aldehydes is 1. The van der Waals surface area contributed by atoms with Crippen LogP contribution in [0.15, 0.2) is 24.3 Å². The Balaban J connectivity index is 1.48. The second-order valence-electron chi connectivity index (χ2n) is 7.94. The summed E-state index contributed by atoms with van der Waals surface area (Å²) < 4.78 is 10.5. The largest absolute Gasteiger partial charge is 0.461 e. The summed E-state index contributed by atoms with van der Waals surface area (Å²) in [5, 5.41) is 3.10. The van der Waals surface area contributed by atoms with Crippen molar-refractivity contribution in [3.63, 3.8) is 0 Å². The Bertz CT molecular complexity index is 886. The van der Waals surface area contributed by atoms with E-state index in [4.69, 9.17) is 15.2 Å². The lowest BCUT2D eigenvalue weighted by molar-refractivity contribution is -0.108. The third kappa shape index (κ3) is 5.05. The van der Waals surface area contributed by atoms with Crippen LogP contribution in [0.5, 0.6) is 6.01 Å². The van der Waals surface area contributed by atoms with Crippen LogP contribution in [0.25, 0.3) is 0 Å². The molecule has 0 radical (unpaired) electrons. The van der Waals surface area contributed by atoms with Gasteiger partial charge in [-0.2, -0.15) is 9.97 Å². The number of fused-ring (bicyclic) bond motifs is 1. The van der Waals surface area contributed by atoms with Crippen molar-refractivity contribution in [3.05, 3.63) is 35.4 Å². The van der Waals surface area contributed by atoms with Gasteiger partial charge in [0, 0.05) is 20.2 Å². The highest BCUT2D eigenvalue weighted by atomic mass is 16.5. The Morgan fingerprint density at radius 1 is 1.10 bits per heavy atom. The van der Waals surface area contributed by atoms with Gasteiger partial charge in [0.2, 0.25) is 0 Å². The molecule has 0 amide bonds. The van der Waals surface area contributed by atoms with Crippen LogP contribution in [-0.2, 0) is 22.6 Å². The number of nitrogens with two attached hydrogens (primary N) is 1. The summed E-state index contributed by atoms with van der Waals surface area (Å²) >= 11 is 0. The lowest BCUT2D eigenvalue weighted by Gasteiger charge is -2.26. The first-order chi connectivity index (χ1) is 15.2. The van der Waals surface area contributed by atoms with E-state index in [-0.39, 0.29) is 11.8 Å². The summed E-state index contributed by atoms with van der Waals surface area (Å²) in [6.45, 7) is 4.59. The van der Waals surface area contributed by atoms with Crippen LogP contribution in [-0.4, -0.2) is 60.7 Å². The molecule has 9 heteroatoms. The normalized spacial score (nSPS) is 18.5. The smallest absolute Gasteiger partial charge is 0.320 e. The van der Waals surface area contributed by atoms with Crippen molar-refractivity contribution >= 4 is 23.6 Å². The highest BCUT2D eigenvalue weighted by Crippen LogP contribution is 2.38. The van der Waals surface area contributed by atoms with E-state index in [2.05, 4.69) is 44.5 Å². The number of nitrogens with zero attached hydrogens (tertiary/aromatic N) is 4. The molecule has 0 spiro atoms. The fraction of sp³-hybridized carbons (Fsp3) is 0.500. The quantitative estimate of drug-likeness (QED) is 0.460. The van der Waals surface area contributed by atoms with Gasteiger partial charge < -0.3 is 25.4 Å². The Morgan fingerprint density at radius 2 is 1.81 bits per heavy atom. The first-order valence-corrected chi connectivity index (χ1v) is 10.8. The average Bonchev–Trinajstić information content (AvgIpc) is 3.14. The number of nitrogen functional groups attached to an aromatic ring is 1. The highest BCUT2D eigenvalue weighted by Gasteiger charge is 2.33. The van der Waals surface area contributed by atoms with E-state index < -0.39 is 6.17 Å². The zero-order chi connectivity index (χ0) is 21.6. The molecule has 0 aliphatic carbocycles. The SMILES string of the molecule is COCCOc1nc(N)c2c(n1)N(Cc1ccc(CN3CCCCC3)cc1)C(C=O)N2. The zero-order valence-corrected chi connectivity index (χ0v) is 17.9. The number of piperidine rings is 1. The molecule has 1 aromatic heterocycles. The topological polar surface area (TPSA) is 106 Å². The van der Waals surface area contributed by atoms with Crippen molar-refractivity contribution in [2.75, 3.05) is 49.4 Å². The molecule has 3 N–H and O–H groups in total. The molecular formula is C22H30N6O3. The van der Waals surface area contributed by atoms with Crippen LogP contribution in [0.2, 0.25) is 0 Å². The number of likely N-dealkylation sites (tertiary alicyclic amines) is 1. The van der Waals surface area contributed by atoms with Gasteiger partial charge in [0.15, 0.2) is 24.1 Å². The monoisotopic (exact) mass is 426 g/mol. The van der Waals surface area contributed by atoms with Gasteiger partial charge in [-0.1, -0.05) is 30.7 Å². The molecule has 2 aliphatic rings. The van der Waals surface area contributed by atoms with Gasteiger partial charge in [0.1, 0.15) is 12.3 Å². The van der Waals surface area contributed by atoms with Crippen molar-refractivity contribution in [1.29, 1.82) is 0 Å². The lowest BCUT2D eigenvalue weighted by atomic mass is 10.1. The second kappa shape index (κ2) is 9.93. The fourth-order valence-corrected chi connectivity index (χ4v) is 4.03. The fourth-order valence-electron chi connectivity index (χ4n) is 4.03. The van der Waals surface area contributed by atoms with E-state index in [0.29, 0.717) is 31.3 Å². The number of carbonyl (C=O) groups excluding carboxylic acids is 1. The number of aromatic nitrogens is 2. The van der Waals surface area contributed by atoms with E-state index in [9.17, 15) is 4.79 Å². The molecule has 1 atom stereocenters. The van der Waals surface area contributed by atoms with Gasteiger partial charge in [0.05, 0.1) is 6.61 Å². The number of methoxy groups -OCH3 is 1. The molecular weight excluding hydrogens is 396 g/mol. The maximum Gasteiger partial charge on any atom is 0.320 e. The van der Waals surface area contributed by atoms with E-state index in [0.717, 1.165) is 18.4 Å². The molecule has 1 unspecified atom stereocenters. The minimum absolute atomic E-state index is 0.170. The number of nitrogens with one attached hydrogen (secondary N) is 1. The van der Waals surface area contributed by atoms with E-state index in [1.807, 2.05) is 4.90 Å². The molecule has 0 saturated carbocycles. The maximum atomic E-state index is 11.7. The predicted octanol–water partition coefficient (Wildman–Crippen LogP) is 2.03. The number of rotatable bonds is 9. The first-order valence-electron chi connectivity index (χ1n) is 10.8. The molecule has 4 rings (SSSR count). The number of hydrogen-bond donors (Lipinski definition) is 2. The summed E-state index contributed by atoms with van der Waals surface area (Å²) in [6, 6.07) is 8.72. The number of hydrogen-bond acceptors (Lipinski definition) is 9. The Morgan fingerprint density at radius 3 is 2.48 bits per heavy atom. The summed E-state index contributed by atoms with van der Waals surface area (Å²) in [6.07, 6.45) is 4.20. The van der Waals surface area contributed by atoms with E-state index in [1.54, 1.807) is 7.11 Å². The number of anilines is 3. The Labute approximate surface area is 182 Å². The van der Waals surface area contributed by atoms with Crippen LogP contribution >= 0.6 is 0 Å². The third-order valence-electron chi connectivity index (χ3n) is 5.68. The number of carbonyl (C=O) groups is 1. The van der Waals surface area contributed by atoms with Crippen molar-refractivity contribution in [2.24, 2.45) is 0 Å². The molecule has 1 aromatic carbocycles. The number of ether oxygens (including phenoxy) is 2. The second-order valence-corrected chi connectivity index (χ2v) is 7.94. The summed E-state index contributed by atoms with van der Waals surface area (Å²) in [4.78, 5) is 24.8. The minimum atomic E-state index is -0.561. The maximum absolute atomic E-state index is 11.7. The van der Waals surface area contributed by atoms with Crippen molar-refractivity contribution in [2.45, 2.75) is 38.5 Å². The van der Waals surface area contributed by atoms with Crippen LogP contribution in [0.4, 0.5) is 17.3 Å². The summed E-state index contributed by atoms with van der Waals surface area (Å²) in [5.41, 5.74) is 9.03. The Hall–Kier alpha value is -2.91. The van der Waals surface area contributed by atoms with Crippen LogP contribution in [0, 0.1) is 0 Å². The molecule has 1 saturated heterocycles. The van der Waals surface area contributed by atoms with E-state index >= 15 is 0 Å². The van der Waals surface area contributed by atoms with Gasteiger partial charge in [-0.25, -0.2) is 0 Å². The predicted molar refractivity (Wildman–Crippen MR) is 119 cm³/mol. The molecule has 3 heterocycles. The first kappa shape index (κ1) is 21.3. The molecule has 31 heavy (non-hydrogen) atoms. The standard InChI is InChI=1S/C22H30N6O3/c1-30-11-12-31-22-25-20(23)19-21(26-22)28(18(15-29)24-19)14-17-7-5-16(6-8-17)13-27-9-3-2-4-10-27/h5-8,15,18,24H,2-4,9-14H2,1H3,(H2,23,25,26). The van der Waals surface area contributed by atoms with Crippen molar-refractivity contribution < 1.29 is 14.3 Å². The summed E-state index contributed by atoms with van der Waals surface area (Å²) in [7, 11) is 1.60. The molecule has 166 valence electrons. The van der Waals surface area contributed by atoms with Crippen LogP contribution < -0.4 is 20.7 Å². The molecule has 9 nitrogen and oxygen atoms in total. The van der Waals surface area contributed by atoms with Gasteiger partial charge in [0.25, 0.3) is 0 Å². The minimum Gasteiger partial charge on any atom is -0.461 e. The third-order valence-corrected chi connectivity index (χ3v) is 5.68. The van der Waals surface area contributed by atoms with Gasteiger partial charge in [-0.05, 0) is 37.1 Å². The van der Waals surface area contributed by atoms with Gasteiger partial charge in [-0.3, -0.25) is 9.69 Å².